The van der Waals surface area contributed by atoms with E-state index in [1.807, 2.05) is 6.92 Å². The highest BCUT2D eigenvalue weighted by Crippen LogP contribution is 2.37. The summed E-state index contributed by atoms with van der Waals surface area (Å²) in [6.45, 7) is 3.17. The average Bonchev–Trinajstić information content (AvgIpc) is 2.46. The van der Waals surface area contributed by atoms with Gasteiger partial charge in [-0.25, -0.2) is 0 Å². The Hall–Kier alpha value is -1.10. The molecule has 1 aliphatic carbocycles. The molecule has 0 unspecified atom stereocenters. The first-order chi connectivity index (χ1) is 9.09. The Bertz CT molecular complexity index is 312. The second-order valence-corrected chi connectivity index (χ2v) is 5.44. The van der Waals surface area contributed by atoms with Crippen LogP contribution in [0.4, 0.5) is 0 Å². The minimum absolute atomic E-state index is 0.0696. The fraction of sp³-hybridized carbons (Fsp3) is 0.857. The van der Waals surface area contributed by atoms with Gasteiger partial charge in [-0.05, 0) is 19.3 Å². The van der Waals surface area contributed by atoms with Crippen molar-refractivity contribution < 1.29 is 9.59 Å². The highest BCUT2D eigenvalue weighted by atomic mass is 16.2. The first-order valence-electron chi connectivity index (χ1n) is 7.29. The van der Waals surface area contributed by atoms with Crippen molar-refractivity contribution in [2.75, 3.05) is 26.7 Å². The maximum absolute atomic E-state index is 12.8. The second kappa shape index (κ2) is 7.48. The van der Waals surface area contributed by atoms with Crippen molar-refractivity contribution in [3.8, 4) is 0 Å². The average molecular weight is 269 g/mol. The summed E-state index contributed by atoms with van der Waals surface area (Å²) in [5.41, 5.74) is 5.46. The molecule has 0 saturated heterocycles. The Morgan fingerprint density at radius 1 is 1.26 bits per heavy atom. The van der Waals surface area contributed by atoms with Gasteiger partial charge in [0.15, 0.2) is 0 Å². The molecule has 0 spiro atoms. The second-order valence-electron chi connectivity index (χ2n) is 5.44. The van der Waals surface area contributed by atoms with Gasteiger partial charge in [-0.2, -0.15) is 0 Å². The monoisotopic (exact) mass is 269 g/mol. The lowest BCUT2D eigenvalue weighted by Gasteiger charge is -2.38. The molecule has 5 nitrogen and oxygen atoms in total. The fourth-order valence-corrected chi connectivity index (χ4v) is 2.84. The summed E-state index contributed by atoms with van der Waals surface area (Å²) in [7, 11) is 1.59. The van der Waals surface area contributed by atoms with E-state index in [2.05, 4.69) is 5.32 Å². The van der Waals surface area contributed by atoms with Crippen LogP contribution in [0.25, 0.3) is 0 Å². The van der Waals surface area contributed by atoms with Crippen LogP contribution in [0.5, 0.6) is 0 Å². The van der Waals surface area contributed by atoms with Crippen molar-refractivity contribution in [1.29, 1.82) is 0 Å². The van der Waals surface area contributed by atoms with Crippen molar-refractivity contribution in [1.82, 2.24) is 10.2 Å². The van der Waals surface area contributed by atoms with Gasteiger partial charge in [-0.15, -0.1) is 0 Å². The molecule has 1 fully saturated rings. The third kappa shape index (κ3) is 3.93. The van der Waals surface area contributed by atoms with Crippen LogP contribution in [-0.2, 0) is 9.59 Å². The first kappa shape index (κ1) is 16.0. The Kier molecular flexibility index (Phi) is 6.28. The van der Waals surface area contributed by atoms with Crippen LogP contribution in [0.3, 0.4) is 0 Å². The predicted molar refractivity (Wildman–Crippen MR) is 75.5 cm³/mol. The molecule has 0 aromatic carbocycles. The van der Waals surface area contributed by atoms with E-state index in [1.165, 1.54) is 6.42 Å². The van der Waals surface area contributed by atoms with Gasteiger partial charge in [-0.3, -0.25) is 9.59 Å². The van der Waals surface area contributed by atoms with Gasteiger partial charge in [0.05, 0.1) is 12.0 Å². The maximum Gasteiger partial charge on any atom is 0.239 e. The third-order valence-corrected chi connectivity index (χ3v) is 4.05. The number of carbonyl (C=O) groups excluding carboxylic acids is 2. The molecule has 1 saturated carbocycles. The number of nitrogens with two attached hydrogens (primary N) is 1. The van der Waals surface area contributed by atoms with Crippen LogP contribution in [0.15, 0.2) is 0 Å². The summed E-state index contributed by atoms with van der Waals surface area (Å²) in [5, 5.41) is 2.58. The molecule has 110 valence electrons. The van der Waals surface area contributed by atoms with E-state index >= 15 is 0 Å². The molecule has 19 heavy (non-hydrogen) atoms. The molecule has 1 aliphatic rings. The van der Waals surface area contributed by atoms with Crippen LogP contribution in [0.2, 0.25) is 0 Å². The summed E-state index contributed by atoms with van der Waals surface area (Å²) >= 11 is 0. The highest BCUT2D eigenvalue weighted by Gasteiger charge is 2.40. The summed E-state index contributed by atoms with van der Waals surface area (Å²) in [6.07, 6.45) is 5.86. The molecular weight excluding hydrogens is 242 g/mol. The molecule has 5 heteroatoms. The van der Waals surface area contributed by atoms with Crippen molar-refractivity contribution in [2.45, 2.75) is 45.4 Å². The number of carbonyl (C=O) groups is 2. The summed E-state index contributed by atoms with van der Waals surface area (Å²) in [6, 6.07) is 0. The fourth-order valence-electron chi connectivity index (χ4n) is 2.84. The number of amides is 2. The Balaban J connectivity index is 2.80. The summed E-state index contributed by atoms with van der Waals surface area (Å²) in [4.78, 5) is 26.0. The number of rotatable bonds is 6. The predicted octanol–water partition coefficient (Wildman–Crippen LogP) is 0.880. The highest BCUT2D eigenvalue weighted by molar-refractivity contribution is 5.88. The van der Waals surface area contributed by atoms with Gasteiger partial charge in [0.2, 0.25) is 11.8 Å². The molecule has 3 N–H and O–H groups in total. The molecule has 0 heterocycles. The van der Waals surface area contributed by atoms with E-state index in [-0.39, 0.29) is 18.4 Å². The zero-order valence-electron chi connectivity index (χ0n) is 12.2. The maximum atomic E-state index is 12.8. The Morgan fingerprint density at radius 3 is 2.37 bits per heavy atom. The number of nitrogens with one attached hydrogen (secondary N) is 1. The minimum Gasteiger partial charge on any atom is -0.358 e. The standard InChI is InChI=1S/C14H27N3O2/c1-3-9-17(10-12(18)16-2)13(19)14(11-15)7-5-4-6-8-14/h3-11,15H2,1-2H3,(H,16,18). The Labute approximate surface area is 115 Å². The van der Waals surface area contributed by atoms with Crippen LogP contribution in [-0.4, -0.2) is 43.4 Å². The number of nitrogens with zero attached hydrogens (tertiary/aromatic N) is 1. The zero-order chi connectivity index (χ0) is 14.3. The number of hydrogen-bond donors (Lipinski definition) is 2. The van der Waals surface area contributed by atoms with Crippen molar-refractivity contribution in [3.63, 3.8) is 0 Å². The van der Waals surface area contributed by atoms with E-state index in [0.717, 1.165) is 32.1 Å². The van der Waals surface area contributed by atoms with E-state index in [4.69, 9.17) is 5.73 Å². The van der Waals surface area contributed by atoms with Gasteiger partial charge in [-0.1, -0.05) is 26.2 Å². The number of likely N-dealkylation sites (N-methyl/N-ethyl adjacent to an activating group) is 1. The number of hydrogen-bond acceptors (Lipinski definition) is 3. The van der Waals surface area contributed by atoms with E-state index in [1.54, 1.807) is 11.9 Å². The summed E-state index contributed by atoms with van der Waals surface area (Å²) < 4.78 is 0. The van der Waals surface area contributed by atoms with E-state index in [9.17, 15) is 9.59 Å². The quantitative estimate of drug-likeness (QED) is 0.751. The molecule has 0 aromatic rings. The molecule has 1 rings (SSSR count). The molecule has 0 atom stereocenters. The Morgan fingerprint density at radius 2 is 1.89 bits per heavy atom. The van der Waals surface area contributed by atoms with Crippen LogP contribution in [0.1, 0.15) is 45.4 Å². The molecule has 0 aromatic heterocycles. The lowest BCUT2D eigenvalue weighted by molar-refractivity contribution is -0.146. The van der Waals surface area contributed by atoms with Crippen LogP contribution >= 0.6 is 0 Å². The lowest BCUT2D eigenvalue weighted by Crippen LogP contribution is -2.51. The van der Waals surface area contributed by atoms with Crippen LogP contribution in [0, 0.1) is 5.41 Å². The smallest absolute Gasteiger partial charge is 0.239 e. The van der Waals surface area contributed by atoms with E-state index < -0.39 is 5.41 Å². The van der Waals surface area contributed by atoms with Crippen molar-refractivity contribution in [2.24, 2.45) is 11.1 Å². The summed E-state index contributed by atoms with van der Waals surface area (Å²) in [5.74, 6) is -0.0510. The molecule has 0 radical (unpaired) electrons. The minimum atomic E-state index is -0.429. The van der Waals surface area contributed by atoms with Gasteiger partial charge < -0.3 is 16.0 Å². The SMILES string of the molecule is CCCN(CC(=O)NC)C(=O)C1(CN)CCCCC1. The molecule has 0 aliphatic heterocycles. The molecule has 2 amide bonds. The van der Waals surface area contributed by atoms with Crippen molar-refractivity contribution >= 4 is 11.8 Å². The largest absolute Gasteiger partial charge is 0.358 e. The van der Waals surface area contributed by atoms with E-state index in [0.29, 0.717) is 13.1 Å². The third-order valence-electron chi connectivity index (χ3n) is 4.05. The molecule has 0 bridgehead atoms. The van der Waals surface area contributed by atoms with Gasteiger partial charge in [0, 0.05) is 20.1 Å². The zero-order valence-corrected chi connectivity index (χ0v) is 12.2. The normalized spacial score (nSPS) is 17.8. The topological polar surface area (TPSA) is 75.4 Å². The van der Waals surface area contributed by atoms with Gasteiger partial charge in [0.1, 0.15) is 0 Å². The van der Waals surface area contributed by atoms with Gasteiger partial charge in [0.25, 0.3) is 0 Å². The van der Waals surface area contributed by atoms with Gasteiger partial charge >= 0.3 is 0 Å². The first-order valence-corrected chi connectivity index (χ1v) is 7.29. The lowest BCUT2D eigenvalue weighted by atomic mass is 9.73. The van der Waals surface area contributed by atoms with Crippen LogP contribution < -0.4 is 11.1 Å². The van der Waals surface area contributed by atoms with Crippen molar-refractivity contribution in [3.05, 3.63) is 0 Å². The molecular formula is C14H27N3O2.